The number of carbonyl (C=O) groups excluding carboxylic acids is 1. The Morgan fingerprint density at radius 2 is 1.60 bits per heavy atom. The van der Waals surface area contributed by atoms with Crippen molar-refractivity contribution < 1.29 is 22.5 Å². The summed E-state index contributed by atoms with van der Waals surface area (Å²) in [6.45, 7) is 1.84. The van der Waals surface area contributed by atoms with E-state index in [1.807, 2.05) is 6.92 Å². The highest BCUT2D eigenvalue weighted by Crippen LogP contribution is 2.08. The Morgan fingerprint density at radius 3 is 2.00 bits per heavy atom. The van der Waals surface area contributed by atoms with Gasteiger partial charge in [0.2, 0.25) is 0 Å². The van der Waals surface area contributed by atoms with Crippen molar-refractivity contribution in [1.29, 1.82) is 0 Å². The third kappa shape index (κ3) is 4.89. The first kappa shape index (κ1) is 14.0. The van der Waals surface area contributed by atoms with Crippen LogP contribution < -0.4 is 0 Å². The zero-order valence-electron chi connectivity index (χ0n) is 9.35. The van der Waals surface area contributed by atoms with E-state index in [2.05, 4.69) is 0 Å². The second-order valence-electron chi connectivity index (χ2n) is 2.42. The minimum absolute atomic E-state index is 0.565. The molecule has 0 amide bonds. The van der Waals surface area contributed by atoms with Crippen LogP contribution in [0, 0.1) is 0 Å². The van der Waals surface area contributed by atoms with Gasteiger partial charge in [-0.05, 0) is 6.92 Å². The largest absolute Gasteiger partial charge is 0.751 e. The van der Waals surface area contributed by atoms with Gasteiger partial charge in [0.05, 0.1) is 0 Å². The second-order valence-corrected chi connectivity index (χ2v) is 4.85. The van der Waals surface area contributed by atoms with Gasteiger partial charge in [-0.1, -0.05) is 18.2 Å². The third-order valence-electron chi connectivity index (χ3n) is 1.51. The average molecular weight is 232 g/mol. The van der Waals surface area contributed by atoms with Gasteiger partial charge in [-0.2, -0.15) is 0 Å². The molecule has 0 atom stereocenters. The molecule has 0 bridgehead atoms. The van der Waals surface area contributed by atoms with Crippen molar-refractivity contribution in [3.63, 3.8) is 0 Å². The van der Waals surface area contributed by atoms with Crippen LogP contribution in [0.15, 0.2) is 24.3 Å². The lowest BCUT2D eigenvalue weighted by Crippen LogP contribution is -2.47. The van der Waals surface area contributed by atoms with Crippen molar-refractivity contribution in [1.82, 2.24) is 0 Å². The Bertz CT molecular complexity index is 237. The topological polar surface area (TPSA) is 54.0 Å². The van der Waals surface area contributed by atoms with E-state index in [1.165, 1.54) is 27.4 Å². The fourth-order valence-electron chi connectivity index (χ4n) is 0.777. The molecule has 0 aliphatic rings. The van der Waals surface area contributed by atoms with Crippen LogP contribution in [-0.4, -0.2) is 36.3 Å². The van der Waals surface area contributed by atoms with Gasteiger partial charge in [0, 0.05) is 27.4 Å². The molecule has 6 heteroatoms. The number of hydrogen-bond donors (Lipinski definition) is 0. The third-order valence-corrected chi connectivity index (χ3v) is 3.46. The van der Waals surface area contributed by atoms with Crippen LogP contribution in [0.4, 0.5) is 0 Å². The summed E-state index contributed by atoms with van der Waals surface area (Å²) in [6, 6.07) is 0. The van der Waals surface area contributed by atoms with Crippen LogP contribution in [0.3, 0.4) is 0 Å². The predicted molar refractivity (Wildman–Crippen MR) is 56.8 cm³/mol. The average Bonchev–Trinajstić information content (AvgIpc) is 2.26. The molecule has 0 fully saturated rings. The summed E-state index contributed by atoms with van der Waals surface area (Å²) in [5.41, 5.74) is 0. The van der Waals surface area contributed by atoms with Gasteiger partial charge in [-0.15, -0.1) is 0 Å². The molecule has 0 aliphatic carbocycles. The number of allylic oxidation sites excluding steroid dienone is 3. The summed E-state index contributed by atoms with van der Waals surface area (Å²) < 4.78 is 19.7. The highest BCUT2D eigenvalue weighted by molar-refractivity contribution is 6.55. The van der Waals surface area contributed by atoms with Crippen molar-refractivity contribution in [2.24, 2.45) is 0 Å². The Hall–Kier alpha value is -0.953. The summed E-state index contributed by atoms with van der Waals surface area (Å²) in [5.74, 6) is -0.565. The fourth-order valence-corrected chi connectivity index (χ4v) is 1.84. The molecule has 15 heavy (non-hydrogen) atoms. The first-order valence-corrected chi connectivity index (χ1v) is 5.95. The lowest BCUT2D eigenvalue weighted by Gasteiger charge is -2.21. The smallest absolute Gasteiger partial charge is 0.449 e. The molecule has 0 saturated heterocycles. The molecule has 0 heterocycles. The Labute approximate surface area is 90.8 Å². The number of rotatable bonds is 6. The maximum Gasteiger partial charge on any atom is 0.751 e. The van der Waals surface area contributed by atoms with Gasteiger partial charge in [-0.25, -0.2) is 4.79 Å². The minimum Gasteiger partial charge on any atom is -0.449 e. The van der Waals surface area contributed by atoms with Gasteiger partial charge < -0.3 is 17.7 Å². The zero-order valence-corrected chi connectivity index (χ0v) is 10.4. The summed E-state index contributed by atoms with van der Waals surface area (Å²) in [6.07, 6.45) is 6.32. The number of carbonyl (C=O) groups is 1. The molecule has 0 aromatic rings. The number of hydrogen-bond acceptors (Lipinski definition) is 5. The Kier molecular flexibility index (Phi) is 6.89. The van der Waals surface area contributed by atoms with Crippen molar-refractivity contribution in [3.05, 3.63) is 24.3 Å². The van der Waals surface area contributed by atoms with E-state index in [0.717, 1.165) is 0 Å². The lowest BCUT2D eigenvalue weighted by atomic mass is 10.4. The van der Waals surface area contributed by atoms with E-state index >= 15 is 0 Å². The van der Waals surface area contributed by atoms with Crippen LogP contribution >= 0.6 is 0 Å². The maximum atomic E-state index is 11.3. The minimum atomic E-state index is -3.27. The molecule has 0 rings (SSSR count). The zero-order chi connectivity index (χ0) is 11.7. The SMILES string of the molecule is C/C=C/C=C/C(=O)O[Si](OC)(OC)OC. The van der Waals surface area contributed by atoms with Crippen molar-refractivity contribution in [2.75, 3.05) is 21.3 Å². The van der Waals surface area contributed by atoms with Gasteiger partial charge >= 0.3 is 15.0 Å². The first-order chi connectivity index (χ1) is 7.14. The van der Waals surface area contributed by atoms with Gasteiger partial charge in [0.25, 0.3) is 0 Å². The molecule has 0 saturated carbocycles. The maximum absolute atomic E-state index is 11.3. The van der Waals surface area contributed by atoms with E-state index in [9.17, 15) is 4.79 Å². The molecular formula is C9H16O5Si. The van der Waals surface area contributed by atoms with Crippen LogP contribution in [0.1, 0.15) is 6.92 Å². The van der Waals surface area contributed by atoms with Gasteiger partial charge in [-0.3, -0.25) is 0 Å². The first-order valence-electron chi connectivity index (χ1n) is 4.32. The van der Waals surface area contributed by atoms with Crippen molar-refractivity contribution in [2.45, 2.75) is 6.92 Å². The van der Waals surface area contributed by atoms with Gasteiger partial charge in [0.1, 0.15) is 0 Å². The monoisotopic (exact) mass is 232 g/mol. The molecular weight excluding hydrogens is 216 g/mol. The molecule has 0 spiro atoms. The quantitative estimate of drug-likeness (QED) is 0.389. The van der Waals surface area contributed by atoms with E-state index in [4.69, 9.17) is 17.7 Å². The second kappa shape index (κ2) is 7.35. The molecule has 0 radical (unpaired) electrons. The summed E-state index contributed by atoms with van der Waals surface area (Å²) in [5, 5.41) is 0. The fraction of sp³-hybridized carbons (Fsp3) is 0.444. The Balaban J connectivity index is 4.35. The summed E-state index contributed by atoms with van der Waals surface area (Å²) in [4.78, 5) is 11.3. The molecule has 5 nitrogen and oxygen atoms in total. The van der Waals surface area contributed by atoms with Crippen LogP contribution in [-0.2, 0) is 22.5 Å². The van der Waals surface area contributed by atoms with E-state index in [0.29, 0.717) is 0 Å². The van der Waals surface area contributed by atoms with Crippen molar-refractivity contribution >= 4 is 15.0 Å². The van der Waals surface area contributed by atoms with E-state index in [-0.39, 0.29) is 0 Å². The Morgan fingerprint density at radius 1 is 1.07 bits per heavy atom. The summed E-state index contributed by atoms with van der Waals surface area (Å²) in [7, 11) is 0.824. The highest BCUT2D eigenvalue weighted by atomic mass is 28.4. The molecule has 0 aliphatic heterocycles. The van der Waals surface area contributed by atoms with Crippen LogP contribution in [0.5, 0.6) is 0 Å². The highest BCUT2D eigenvalue weighted by Gasteiger charge is 2.46. The van der Waals surface area contributed by atoms with E-state index in [1.54, 1.807) is 18.2 Å². The molecule has 0 aromatic heterocycles. The predicted octanol–water partition coefficient (Wildman–Crippen LogP) is 1.04. The molecule has 0 N–H and O–H groups in total. The molecule has 0 aromatic carbocycles. The molecule has 86 valence electrons. The van der Waals surface area contributed by atoms with Crippen molar-refractivity contribution in [3.8, 4) is 0 Å². The molecule has 0 unspecified atom stereocenters. The van der Waals surface area contributed by atoms with Crippen LogP contribution in [0.2, 0.25) is 0 Å². The normalized spacial score (nSPS) is 12.5. The van der Waals surface area contributed by atoms with Gasteiger partial charge in [0.15, 0.2) is 0 Å². The van der Waals surface area contributed by atoms with E-state index < -0.39 is 15.0 Å². The standard InChI is InChI=1S/C9H16O5Si/c1-5-6-7-8-9(10)14-15(11-2,12-3)13-4/h5-8H,1-4H3/b6-5+,8-7+. The lowest BCUT2D eigenvalue weighted by molar-refractivity contribution is -0.137. The summed E-state index contributed by atoms with van der Waals surface area (Å²) >= 11 is 0. The van der Waals surface area contributed by atoms with Crippen LogP contribution in [0.25, 0.3) is 0 Å².